The monoisotopic (exact) mass is 346 g/mol. The number of thiazole rings is 1. The van der Waals surface area contributed by atoms with Crippen molar-refractivity contribution in [3.05, 3.63) is 95.3 Å². The molecule has 0 bridgehead atoms. The first-order valence-electron chi connectivity index (χ1n) is 7.84. The van der Waals surface area contributed by atoms with Crippen LogP contribution in [0, 0.1) is 0 Å². The molecule has 0 amide bonds. The van der Waals surface area contributed by atoms with E-state index < -0.39 is 12.1 Å². The average Bonchev–Trinajstić information content (AvgIpc) is 3.12. The van der Waals surface area contributed by atoms with Gasteiger partial charge in [0.1, 0.15) is 0 Å². The molecule has 0 saturated carbocycles. The third-order valence-corrected chi connectivity index (χ3v) is 4.77. The first-order chi connectivity index (χ1) is 12.3. The van der Waals surface area contributed by atoms with Crippen molar-refractivity contribution in [2.24, 2.45) is 0 Å². The quantitative estimate of drug-likeness (QED) is 0.505. The molecule has 0 saturated heterocycles. The maximum absolute atomic E-state index is 12.7. The van der Waals surface area contributed by atoms with Crippen LogP contribution in [0.1, 0.15) is 27.2 Å². The van der Waals surface area contributed by atoms with Crippen molar-refractivity contribution in [2.45, 2.75) is 6.10 Å². The lowest BCUT2D eigenvalue weighted by Gasteiger charge is -2.17. The molecule has 4 nitrogen and oxygen atoms in total. The van der Waals surface area contributed by atoms with Crippen LogP contribution in [-0.4, -0.2) is 15.9 Å². The predicted molar refractivity (Wildman–Crippen MR) is 97.6 cm³/mol. The second-order valence-corrected chi connectivity index (χ2v) is 6.47. The molecule has 122 valence electrons. The second-order valence-electron chi connectivity index (χ2n) is 5.44. The lowest BCUT2D eigenvalue weighted by molar-refractivity contribution is 0.0370. The van der Waals surface area contributed by atoms with Gasteiger partial charge in [0.05, 0.1) is 15.9 Å². The molecule has 1 unspecified atom stereocenters. The molecule has 2 aromatic carbocycles. The van der Waals surface area contributed by atoms with E-state index in [-0.39, 0.29) is 0 Å². The number of para-hydroxylation sites is 1. The highest BCUT2D eigenvalue weighted by Gasteiger charge is 2.23. The summed E-state index contributed by atoms with van der Waals surface area (Å²) in [6.07, 6.45) is 1.12. The highest BCUT2D eigenvalue weighted by atomic mass is 32.1. The molecule has 1 atom stereocenters. The van der Waals surface area contributed by atoms with Crippen molar-refractivity contribution in [1.82, 2.24) is 9.97 Å². The Morgan fingerprint density at radius 2 is 1.68 bits per heavy atom. The summed E-state index contributed by atoms with van der Waals surface area (Å²) in [7, 11) is 0. The van der Waals surface area contributed by atoms with E-state index in [1.54, 1.807) is 6.20 Å². The second kappa shape index (κ2) is 6.83. The van der Waals surface area contributed by atoms with E-state index in [1.165, 1.54) is 11.3 Å². The summed E-state index contributed by atoms with van der Waals surface area (Å²) in [5.41, 5.74) is 2.35. The Morgan fingerprint density at radius 3 is 2.44 bits per heavy atom. The first kappa shape index (κ1) is 15.5. The number of ether oxygens (including phenoxy) is 1. The SMILES string of the molecule is O=C(OC(c1ccccc1)c1ccccn1)c1nc2ccccc2s1. The average molecular weight is 346 g/mol. The molecule has 0 radical (unpaired) electrons. The van der Waals surface area contributed by atoms with Gasteiger partial charge in [0.2, 0.25) is 5.01 Å². The fourth-order valence-electron chi connectivity index (χ4n) is 2.58. The summed E-state index contributed by atoms with van der Waals surface area (Å²) in [6.45, 7) is 0. The van der Waals surface area contributed by atoms with Crippen LogP contribution in [0.25, 0.3) is 10.2 Å². The molecule has 0 fully saturated rings. The van der Waals surface area contributed by atoms with E-state index in [0.717, 1.165) is 15.8 Å². The van der Waals surface area contributed by atoms with Crippen LogP contribution < -0.4 is 0 Å². The number of hydrogen-bond donors (Lipinski definition) is 0. The van der Waals surface area contributed by atoms with Gasteiger partial charge in [-0.2, -0.15) is 0 Å². The first-order valence-corrected chi connectivity index (χ1v) is 8.65. The fraction of sp³-hybridized carbons (Fsp3) is 0.0500. The van der Waals surface area contributed by atoms with Crippen LogP contribution in [-0.2, 0) is 4.74 Å². The van der Waals surface area contributed by atoms with Crippen molar-refractivity contribution in [3.8, 4) is 0 Å². The minimum Gasteiger partial charge on any atom is -0.446 e. The maximum atomic E-state index is 12.7. The molecular weight excluding hydrogens is 332 g/mol. The van der Waals surface area contributed by atoms with Crippen LogP contribution in [0.3, 0.4) is 0 Å². The Hall–Kier alpha value is -3.05. The number of rotatable bonds is 4. The molecule has 2 heterocycles. The van der Waals surface area contributed by atoms with Crippen LogP contribution >= 0.6 is 11.3 Å². The van der Waals surface area contributed by atoms with Crippen molar-refractivity contribution < 1.29 is 9.53 Å². The third-order valence-electron chi connectivity index (χ3n) is 3.75. The zero-order valence-corrected chi connectivity index (χ0v) is 14.0. The van der Waals surface area contributed by atoms with Gasteiger partial charge >= 0.3 is 5.97 Å². The van der Waals surface area contributed by atoms with Gasteiger partial charge in [0.25, 0.3) is 0 Å². The van der Waals surface area contributed by atoms with Crippen molar-refractivity contribution in [2.75, 3.05) is 0 Å². The number of benzene rings is 2. The number of nitrogens with zero attached hydrogens (tertiary/aromatic N) is 2. The summed E-state index contributed by atoms with van der Waals surface area (Å²) in [6, 6.07) is 22.8. The molecule has 25 heavy (non-hydrogen) atoms. The van der Waals surface area contributed by atoms with E-state index >= 15 is 0 Å². The molecule has 0 spiro atoms. The molecule has 4 rings (SSSR count). The number of hydrogen-bond acceptors (Lipinski definition) is 5. The van der Waals surface area contributed by atoms with Gasteiger partial charge in [-0.15, -0.1) is 11.3 Å². The summed E-state index contributed by atoms with van der Waals surface area (Å²) in [5.74, 6) is -0.444. The molecular formula is C20H14N2O2S. The Bertz CT molecular complexity index is 927. The maximum Gasteiger partial charge on any atom is 0.368 e. The molecule has 0 N–H and O–H groups in total. The molecule has 0 aliphatic rings. The minimum absolute atomic E-state index is 0.345. The van der Waals surface area contributed by atoms with Gasteiger partial charge in [0, 0.05) is 6.20 Å². The highest BCUT2D eigenvalue weighted by molar-refractivity contribution is 7.20. The largest absolute Gasteiger partial charge is 0.446 e. The van der Waals surface area contributed by atoms with Crippen molar-refractivity contribution in [3.63, 3.8) is 0 Å². The molecule has 4 aromatic rings. The van der Waals surface area contributed by atoms with E-state index in [1.807, 2.05) is 72.8 Å². The lowest BCUT2D eigenvalue weighted by atomic mass is 10.1. The van der Waals surface area contributed by atoms with Gasteiger partial charge in [-0.3, -0.25) is 4.98 Å². The van der Waals surface area contributed by atoms with Crippen LogP contribution in [0.4, 0.5) is 0 Å². The van der Waals surface area contributed by atoms with E-state index in [4.69, 9.17) is 4.74 Å². The number of fused-ring (bicyclic) bond motifs is 1. The van der Waals surface area contributed by atoms with Gasteiger partial charge < -0.3 is 4.74 Å². The summed E-state index contributed by atoms with van der Waals surface area (Å²) >= 11 is 1.33. The molecule has 5 heteroatoms. The number of esters is 1. The minimum atomic E-state index is -0.568. The van der Waals surface area contributed by atoms with Crippen LogP contribution in [0.2, 0.25) is 0 Å². The van der Waals surface area contributed by atoms with Crippen LogP contribution in [0.5, 0.6) is 0 Å². The van der Waals surface area contributed by atoms with E-state index in [9.17, 15) is 4.79 Å². The Labute approximate surface area is 148 Å². The summed E-state index contributed by atoms with van der Waals surface area (Å²) in [4.78, 5) is 21.4. The normalized spacial score (nSPS) is 12.0. The fourth-order valence-corrected chi connectivity index (χ4v) is 3.42. The smallest absolute Gasteiger partial charge is 0.368 e. The Balaban J connectivity index is 1.67. The number of carbonyl (C=O) groups excluding carboxylic acids is 1. The number of pyridine rings is 1. The predicted octanol–water partition coefficient (Wildman–Crippen LogP) is 4.64. The standard InChI is InChI=1S/C20H14N2O2S/c23-20(19-22-15-10-4-5-12-17(15)25-19)24-18(14-8-2-1-3-9-14)16-11-6-7-13-21-16/h1-13,18H. The molecule has 0 aliphatic carbocycles. The van der Waals surface area contributed by atoms with Gasteiger partial charge in [-0.25, -0.2) is 9.78 Å². The van der Waals surface area contributed by atoms with Crippen LogP contribution in [0.15, 0.2) is 79.0 Å². The lowest BCUT2D eigenvalue weighted by Crippen LogP contribution is -2.14. The number of carbonyl (C=O) groups is 1. The summed E-state index contributed by atoms with van der Waals surface area (Å²) in [5, 5.41) is 0.345. The van der Waals surface area contributed by atoms with E-state index in [2.05, 4.69) is 9.97 Å². The number of aromatic nitrogens is 2. The molecule has 0 aliphatic heterocycles. The third kappa shape index (κ3) is 3.27. The van der Waals surface area contributed by atoms with Gasteiger partial charge in [-0.1, -0.05) is 48.5 Å². The van der Waals surface area contributed by atoms with Crippen molar-refractivity contribution >= 4 is 27.5 Å². The van der Waals surface area contributed by atoms with Gasteiger partial charge in [0.15, 0.2) is 6.10 Å². The zero-order chi connectivity index (χ0) is 17.1. The van der Waals surface area contributed by atoms with E-state index in [0.29, 0.717) is 10.7 Å². The molecule has 2 aromatic heterocycles. The van der Waals surface area contributed by atoms with Crippen molar-refractivity contribution in [1.29, 1.82) is 0 Å². The topological polar surface area (TPSA) is 52.1 Å². The Kier molecular flexibility index (Phi) is 4.23. The Morgan fingerprint density at radius 1 is 0.920 bits per heavy atom. The highest BCUT2D eigenvalue weighted by Crippen LogP contribution is 2.28. The zero-order valence-electron chi connectivity index (χ0n) is 13.2. The summed E-state index contributed by atoms with van der Waals surface area (Å²) < 4.78 is 6.75. The van der Waals surface area contributed by atoms with Gasteiger partial charge in [-0.05, 0) is 29.8 Å².